The average molecular weight is 329 g/mol. The second-order valence-corrected chi connectivity index (χ2v) is 6.38. The zero-order chi connectivity index (χ0) is 16.4. The summed E-state index contributed by atoms with van der Waals surface area (Å²) in [6, 6.07) is 5.73. The molecule has 23 heavy (non-hydrogen) atoms. The zero-order valence-corrected chi connectivity index (χ0v) is 14.3. The summed E-state index contributed by atoms with van der Waals surface area (Å²) in [6.07, 6.45) is 2.79. The second-order valence-electron chi connectivity index (χ2n) is 5.47. The third-order valence-corrected chi connectivity index (χ3v) is 4.92. The van der Waals surface area contributed by atoms with Crippen LogP contribution in [0.2, 0.25) is 0 Å². The maximum Gasteiger partial charge on any atom is 0.243 e. The molecule has 120 valence electrons. The lowest BCUT2D eigenvalue weighted by Crippen LogP contribution is -2.26. The molecule has 5 nitrogen and oxygen atoms in total. The molecular weight excluding hydrogens is 310 g/mol. The molecule has 0 aliphatic carbocycles. The van der Waals surface area contributed by atoms with Crippen molar-refractivity contribution in [3.63, 3.8) is 0 Å². The van der Waals surface area contributed by atoms with Crippen molar-refractivity contribution in [3.05, 3.63) is 45.9 Å². The molecule has 1 aliphatic heterocycles. The fourth-order valence-electron chi connectivity index (χ4n) is 2.57. The van der Waals surface area contributed by atoms with Gasteiger partial charge in [0.15, 0.2) is 0 Å². The Morgan fingerprint density at radius 1 is 1.48 bits per heavy atom. The SMILES string of the molecule is CCC(=O)N1N=C(c2cc(C)cs2)CC1c1ccc(OC)cn1. The second kappa shape index (κ2) is 6.50. The maximum atomic E-state index is 12.3. The van der Waals surface area contributed by atoms with Gasteiger partial charge in [0.1, 0.15) is 11.8 Å². The number of carbonyl (C=O) groups excluding carboxylic acids is 1. The number of pyridine rings is 1. The first-order chi connectivity index (χ1) is 11.1. The van der Waals surface area contributed by atoms with Crippen LogP contribution in [0.15, 0.2) is 34.9 Å². The third kappa shape index (κ3) is 3.12. The molecule has 1 atom stereocenters. The smallest absolute Gasteiger partial charge is 0.243 e. The third-order valence-electron chi connectivity index (χ3n) is 3.82. The van der Waals surface area contributed by atoms with E-state index < -0.39 is 0 Å². The molecule has 0 saturated carbocycles. The van der Waals surface area contributed by atoms with Crippen LogP contribution in [0, 0.1) is 6.92 Å². The fourth-order valence-corrected chi connectivity index (χ4v) is 3.47. The van der Waals surface area contributed by atoms with E-state index >= 15 is 0 Å². The van der Waals surface area contributed by atoms with Gasteiger partial charge in [-0.25, -0.2) is 5.01 Å². The number of methoxy groups -OCH3 is 1. The van der Waals surface area contributed by atoms with E-state index in [-0.39, 0.29) is 11.9 Å². The molecule has 0 fully saturated rings. The van der Waals surface area contributed by atoms with Crippen molar-refractivity contribution in [3.8, 4) is 5.75 Å². The Labute approximate surface area is 139 Å². The van der Waals surface area contributed by atoms with Crippen LogP contribution >= 0.6 is 11.3 Å². The molecule has 0 N–H and O–H groups in total. The van der Waals surface area contributed by atoms with E-state index in [0.29, 0.717) is 18.6 Å². The van der Waals surface area contributed by atoms with Crippen LogP contribution in [-0.2, 0) is 4.79 Å². The van der Waals surface area contributed by atoms with Crippen molar-refractivity contribution < 1.29 is 9.53 Å². The van der Waals surface area contributed by atoms with Crippen LogP contribution in [0.25, 0.3) is 0 Å². The molecule has 1 aliphatic rings. The number of carbonyl (C=O) groups is 1. The summed E-state index contributed by atoms with van der Waals surface area (Å²) < 4.78 is 5.15. The van der Waals surface area contributed by atoms with Gasteiger partial charge in [-0.05, 0) is 36.1 Å². The highest BCUT2D eigenvalue weighted by Gasteiger charge is 2.33. The summed E-state index contributed by atoms with van der Waals surface area (Å²) in [5.74, 6) is 0.714. The number of ether oxygens (including phenoxy) is 1. The van der Waals surface area contributed by atoms with E-state index in [1.807, 2.05) is 19.1 Å². The molecule has 0 aromatic carbocycles. The van der Waals surface area contributed by atoms with Crippen LogP contribution in [0.3, 0.4) is 0 Å². The highest BCUT2D eigenvalue weighted by Crippen LogP contribution is 2.34. The first kappa shape index (κ1) is 15.7. The number of aryl methyl sites for hydroxylation is 1. The van der Waals surface area contributed by atoms with Crippen molar-refractivity contribution in [2.45, 2.75) is 32.7 Å². The zero-order valence-electron chi connectivity index (χ0n) is 13.4. The average Bonchev–Trinajstić information content (AvgIpc) is 3.20. The van der Waals surface area contributed by atoms with Crippen molar-refractivity contribution in [2.75, 3.05) is 7.11 Å². The van der Waals surface area contributed by atoms with Gasteiger partial charge >= 0.3 is 0 Å². The van der Waals surface area contributed by atoms with E-state index in [0.717, 1.165) is 16.3 Å². The largest absolute Gasteiger partial charge is 0.495 e. The van der Waals surface area contributed by atoms with Gasteiger partial charge in [-0.2, -0.15) is 5.10 Å². The molecule has 0 saturated heterocycles. The summed E-state index contributed by atoms with van der Waals surface area (Å²) in [7, 11) is 1.61. The Balaban J connectivity index is 1.91. The highest BCUT2D eigenvalue weighted by atomic mass is 32.1. The maximum absolute atomic E-state index is 12.3. The van der Waals surface area contributed by atoms with Gasteiger partial charge in [0, 0.05) is 12.8 Å². The molecule has 0 spiro atoms. The van der Waals surface area contributed by atoms with E-state index in [1.54, 1.807) is 29.7 Å². The van der Waals surface area contributed by atoms with E-state index in [2.05, 4.69) is 28.5 Å². The number of aromatic nitrogens is 1. The highest BCUT2D eigenvalue weighted by molar-refractivity contribution is 7.12. The van der Waals surface area contributed by atoms with Crippen molar-refractivity contribution >= 4 is 23.0 Å². The van der Waals surface area contributed by atoms with Crippen molar-refractivity contribution in [1.82, 2.24) is 9.99 Å². The molecule has 1 unspecified atom stereocenters. The van der Waals surface area contributed by atoms with Gasteiger partial charge < -0.3 is 4.74 Å². The van der Waals surface area contributed by atoms with Crippen LogP contribution < -0.4 is 4.74 Å². The fraction of sp³-hybridized carbons (Fsp3) is 0.353. The molecule has 1 amide bonds. The Morgan fingerprint density at radius 3 is 2.87 bits per heavy atom. The van der Waals surface area contributed by atoms with Crippen LogP contribution in [0.1, 0.15) is 41.9 Å². The molecule has 0 radical (unpaired) electrons. The summed E-state index contributed by atoms with van der Waals surface area (Å²) in [5, 5.41) is 8.26. The Morgan fingerprint density at radius 2 is 2.30 bits per heavy atom. The summed E-state index contributed by atoms with van der Waals surface area (Å²) in [6.45, 7) is 3.91. The van der Waals surface area contributed by atoms with Gasteiger partial charge in [0.25, 0.3) is 0 Å². The minimum absolute atomic E-state index is 0.0101. The number of rotatable bonds is 4. The summed E-state index contributed by atoms with van der Waals surface area (Å²) in [5.41, 5.74) is 3.00. The standard InChI is InChI=1S/C17H19N3O2S/c1-4-17(21)20-15(13-6-5-12(22-3)9-18-13)8-14(19-20)16-7-11(2)10-23-16/h5-7,9-10,15H,4,8H2,1-3H3. The lowest BCUT2D eigenvalue weighted by Gasteiger charge is -2.20. The van der Waals surface area contributed by atoms with E-state index in [4.69, 9.17) is 4.74 Å². The van der Waals surface area contributed by atoms with Crippen molar-refractivity contribution in [2.24, 2.45) is 5.10 Å². The van der Waals surface area contributed by atoms with Gasteiger partial charge in [-0.3, -0.25) is 9.78 Å². The number of thiophene rings is 1. The first-order valence-electron chi connectivity index (χ1n) is 7.57. The normalized spacial score (nSPS) is 17.3. The van der Waals surface area contributed by atoms with Crippen LogP contribution in [-0.4, -0.2) is 28.7 Å². The first-order valence-corrected chi connectivity index (χ1v) is 8.45. The van der Waals surface area contributed by atoms with Crippen molar-refractivity contribution in [1.29, 1.82) is 0 Å². The van der Waals surface area contributed by atoms with Gasteiger partial charge in [-0.1, -0.05) is 6.92 Å². The molecule has 6 heteroatoms. The predicted octanol–water partition coefficient (Wildman–Crippen LogP) is 3.55. The number of amides is 1. The van der Waals surface area contributed by atoms with E-state index in [1.165, 1.54) is 5.56 Å². The number of hydrogen-bond acceptors (Lipinski definition) is 5. The summed E-state index contributed by atoms with van der Waals surface area (Å²) in [4.78, 5) is 17.8. The number of hydrazone groups is 1. The number of hydrogen-bond donors (Lipinski definition) is 0. The molecule has 3 rings (SSSR count). The molecule has 3 heterocycles. The minimum Gasteiger partial charge on any atom is -0.495 e. The Kier molecular flexibility index (Phi) is 4.43. The van der Waals surface area contributed by atoms with Crippen LogP contribution in [0.5, 0.6) is 5.75 Å². The van der Waals surface area contributed by atoms with Gasteiger partial charge in [-0.15, -0.1) is 11.3 Å². The minimum atomic E-state index is -0.147. The predicted molar refractivity (Wildman–Crippen MR) is 90.9 cm³/mol. The molecular formula is C17H19N3O2S. The lowest BCUT2D eigenvalue weighted by molar-refractivity contribution is -0.132. The lowest BCUT2D eigenvalue weighted by atomic mass is 10.1. The summed E-state index contributed by atoms with van der Waals surface area (Å²) >= 11 is 1.66. The quantitative estimate of drug-likeness (QED) is 0.862. The Hall–Kier alpha value is -2.21. The van der Waals surface area contributed by atoms with Crippen LogP contribution in [0.4, 0.5) is 0 Å². The topological polar surface area (TPSA) is 54.8 Å². The number of nitrogens with zero attached hydrogens (tertiary/aromatic N) is 3. The van der Waals surface area contributed by atoms with Gasteiger partial charge in [0.2, 0.25) is 5.91 Å². The Bertz CT molecular complexity index is 737. The molecule has 2 aromatic heterocycles. The molecule has 0 bridgehead atoms. The van der Waals surface area contributed by atoms with E-state index in [9.17, 15) is 4.79 Å². The monoisotopic (exact) mass is 329 g/mol. The van der Waals surface area contributed by atoms with Gasteiger partial charge in [0.05, 0.1) is 29.6 Å². The molecule has 2 aromatic rings.